The minimum Gasteiger partial charge on any atom is -0.304 e. The van der Waals surface area contributed by atoms with E-state index in [1.54, 1.807) is 0 Å². The van der Waals surface area contributed by atoms with Crippen molar-refractivity contribution in [2.75, 3.05) is 0 Å². The van der Waals surface area contributed by atoms with Gasteiger partial charge in [-0.3, -0.25) is 9.67 Å². The van der Waals surface area contributed by atoms with Gasteiger partial charge in [-0.15, -0.1) is 0 Å². The number of pyridine rings is 1. The molecule has 0 fully saturated rings. The predicted octanol–water partition coefficient (Wildman–Crippen LogP) is 1.67. The maximum absolute atomic E-state index is 4.32. The van der Waals surface area contributed by atoms with E-state index in [-0.39, 0.29) is 0 Å². The third-order valence-corrected chi connectivity index (χ3v) is 2.56. The van der Waals surface area contributed by atoms with Crippen LogP contribution in [0.3, 0.4) is 0 Å². The van der Waals surface area contributed by atoms with Crippen LogP contribution >= 0.6 is 0 Å². The molecule has 1 atom stereocenters. The summed E-state index contributed by atoms with van der Waals surface area (Å²) in [6.07, 6.45) is 5.58. The number of hydrogen-bond donors (Lipinski definition) is 1. The van der Waals surface area contributed by atoms with Crippen LogP contribution in [0, 0.1) is 0 Å². The van der Waals surface area contributed by atoms with Crippen molar-refractivity contribution in [2.24, 2.45) is 7.05 Å². The summed E-state index contributed by atoms with van der Waals surface area (Å²) in [5.74, 6) is 0. The zero-order valence-electron chi connectivity index (χ0n) is 9.59. The highest BCUT2D eigenvalue weighted by Crippen LogP contribution is 2.10. The predicted molar refractivity (Wildman–Crippen MR) is 62.7 cm³/mol. The largest absolute Gasteiger partial charge is 0.304 e. The Morgan fingerprint density at radius 1 is 1.31 bits per heavy atom. The second-order valence-electron chi connectivity index (χ2n) is 3.86. The third-order valence-electron chi connectivity index (χ3n) is 2.56. The van der Waals surface area contributed by atoms with Gasteiger partial charge in [-0.2, -0.15) is 5.10 Å². The Morgan fingerprint density at radius 2 is 2.06 bits per heavy atom. The molecule has 84 valence electrons. The van der Waals surface area contributed by atoms with Crippen molar-refractivity contribution in [2.45, 2.75) is 19.5 Å². The maximum Gasteiger partial charge on any atom is 0.0762 e. The van der Waals surface area contributed by atoms with Gasteiger partial charge in [0.25, 0.3) is 0 Å². The first-order valence-electron chi connectivity index (χ1n) is 5.37. The molecule has 2 rings (SSSR count). The molecule has 0 saturated heterocycles. The molecule has 1 N–H and O–H groups in total. The summed E-state index contributed by atoms with van der Waals surface area (Å²) in [6.45, 7) is 2.92. The second kappa shape index (κ2) is 4.90. The lowest BCUT2D eigenvalue weighted by Gasteiger charge is -2.12. The van der Waals surface area contributed by atoms with Crippen LogP contribution in [0.15, 0.2) is 36.8 Å². The van der Waals surface area contributed by atoms with Crippen LogP contribution in [-0.2, 0) is 13.6 Å². The second-order valence-corrected chi connectivity index (χ2v) is 3.86. The van der Waals surface area contributed by atoms with Gasteiger partial charge in [-0.1, -0.05) is 0 Å². The minimum absolute atomic E-state index is 0.310. The topological polar surface area (TPSA) is 42.7 Å². The molecule has 0 bridgehead atoms. The zero-order chi connectivity index (χ0) is 11.4. The van der Waals surface area contributed by atoms with Crippen molar-refractivity contribution in [1.82, 2.24) is 20.1 Å². The Kier molecular flexibility index (Phi) is 3.31. The minimum atomic E-state index is 0.310. The van der Waals surface area contributed by atoms with E-state index in [1.807, 2.05) is 48.5 Å². The molecule has 0 saturated carbocycles. The molecule has 16 heavy (non-hydrogen) atoms. The zero-order valence-corrected chi connectivity index (χ0v) is 9.59. The van der Waals surface area contributed by atoms with Gasteiger partial charge in [0.2, 0.25) is 0 Å². The lowest BCUT2D eigenvalue weighted by atomic mass is 10.1. The van der Waals surface area contributed by atoms with Crippen molar-refractivity contribution < 1.29 is 0 Å². The van der Waals surface area contributed by atoms with Gasteiger partial charge < -0.3 is 5.32 Å². The Bertz CT molecular complexity index is 435. The van der Waals surface area contributed by atoms with Crippen LogP contribution in [0.25, 0.3) is 0 Å². The maximum atomic E-state index is 4.32. The fraction of sp³-hybridized carbons (Fsp3) is 0.333. The summed E-state index contributed by atoms with van der Waals surface area (Å²) in [6, 6.07) is 6.38. The highest BCUT2D eigenvalue weighted by atomic mass is 15.3. The van der Waals surface area contributed by atoms with Crippen LogP contribution in [0.1, 0.15) is 24.2 Å². The van der Waals surface area contributed by atoms with E-state index in [0.717, 1.165) is 12.2 Å². The van der Waals surface area contributed by atoms with Gasteiger partial charge in [0.05, 0.1) is 5.69 Å². The van der Waals surface area contributed by atoms with Gasteiger partial charge in [0.1, 0.15) is 0 Å². The monoisotopic (exact) mass is 216 g/mol. The number of nitrogens with one attached hydrogen (secondary N) is 1. The highest BCUT2D eigenvalue weighted by Gasteiger charge is 2.04. The molecule has 0 aliphatic heterocycles. The van der Waals surface area contributed by atoms with Gasteiger partial charge in [0.15, 0.2) is 0 Å². The Morgan fingerprint density at radius 3 is 2.69 bits per heavy atom. The first kappa shape index (κ1) is 10.8. The summed E-state index contributed by atoms with van der Waals surface area (Å²) in [5.41, 5.74) is 2.30. The molecule has 2 aromatic heterocycles. The summed E-state index contributed by atoms with van der Waals surface area (Å²) in [4.78, 5) is 4.01. The molecule has 2 aromatic rings. The first-order chi connectivity index (χ1) is 7.75. The van der Waals surface area contributed by atoms with E-state index < -0.39 is 0 Å². The van der Waals surface area contributed by atoms with Crippen LogP contribution in [-0.4, -0.2) is 14.8 Å². The molecule has 4 nitrogen and oxygen atoms in total. The molecule has 0 aromatic carbocycles. The van der Waals surface area contributed by atoms with E-state index in [0.29, 0.717) is 6.04 Å². The van der Waals surface area contributed by atoms with Gasteiger partial charge >= 0.3 is 0 Å². The molecular formula is C12H16N4. The molecule has 2 heterocycles. The molecular weight excluding hydrogens is 200 g/mol. The smallest absolute Gasteiger partial charge is 0.0762 e. The molecule has 0 aliphatic carbocycles. The summed E-state index contributed by atoms with van der Waals surface area (Å²) in [7, 11) is 1.93. The quantitative estimate of drug-likeness (QED) is 0.845. The molecule has 0 radical (unpaired) electrons. The van der Waals surface area contributed by atoms with Crippen molar-refractivity contribution >= 4 is 0 Å². The fourth-order valence-electron chi connectivity index (χ4n) is 1.59. The lowest BCUT2D eigenvalue weighted by molar-refractivity contribution is 0.561. The Hall–Kier alpha value is -1.68. The standard InChI is InChI=1S/C12H16N4/c1-10(11-3-6-13-7-4-11)14-9-12-5-8-16(2)15-12/h3-8,10,14H,9H2,1-2H3. The molecule has 1 unspecified atom stereocenters. The van der Waals surface area contributed by atoms with Gasteiger partial charge in [-0.05, 0) is 30.7 Å². The normalized spacial score (nSPS) is 12.6. The van der Waals surface area contributed by atoms with Gasteiger partial charge in [0, 0.05) is 38.2 Å². The van der Waals surface area contributed by atoms with E-state index in [9.17, 15) is 0 Å². The van der Waals surface area contributed by atoms with E-state index >= 15 is 0 Å². The van der Waals surface area contributed by atoms with E-state index in [4.69, 9.17) is 0 Å². The number of nitrogens with zero attached hydrogens (tertiary/aromatic N) is 3. The highest BCUT2D eigenvalue weighted by molar-refractivity contribution is 5.14. The Labute approximate surface area is 95.3 Å². The van der Waals surface area contributed by atoms with Crippen molar-refractivity contribution in [3.63, 3.8) is 0 Å². The number of hydrogen-bond acceptors (Lipinski definition) is 3. The average molecular weight is 216 g/mol. The van der Waals surface area contributed by atoms with Crippen molar-refractivity contribution in [3.8, 4) is 0 Å². The van der Waals surface area contributed by atoms with E-state index in [1.165, 1.54) is 5.56 Å². The Balaban J connectivity index is 1.91. The fourth-order valence-corrected chi connectivity index (χ4v) is 1.59. The summed E-state index contributed by atoms with van der Waals surface area (Å²) >= 11 is 0. The SMILES string of the molecule is CC(NCc1ccn(C)n1)c1ccncc1. The van der Waals surface area contributed by atoms with Crippen molar-refractivity contribution in [3.05, 3.63) is 48.0 Å². The first-order valence-corrected chi connectivity index (χ1v) is 5.37. The molecule has 4 heteroatoms. The average Bonchev–Trinajstić information content (AvgIpc) is 2.73. The van der Waals surface area contributed by atoms with Crippen LogP contribution in [0.5, 0.6) is 0 Å². The lowest BCUT2D eigenvalue weighted by Crippen LogP contribution is -2.18. The van der Waals surface area contributed by atoms with Gasteiger partial charge in [-0.25, -0.2) is 0 Å². The molecule has 0 spiro atoms. The molecule has 0 amide bonds. The number of aryl methyl sites for hydroxylation is 1. The third kappa shape index (κ3) is 2.67. The molecule has 0 aliphatic rings. The van der Waals surface area contributed by atoms with E-state index in [2.05, 4.69) is 22.3 Å². The number of rotatable bonds is 4. The van der Waals surface area contributed by atoms with Crippen LogP contribution < -0.4 is 5.32 Å². The number of aromatic nitrogens is 3. The summed E-state index contributed by atoms with van der Waals surface area (Å²) in [5, 5.41) is 7.74. The van der Waals surface area contributed by atoms with Crippen molar-refractivity contribution in [1.29, 1.82) is 0 Å². The summed E-state index contributed by atoms with van der Waals surface area (Å²) < 4.78 is 1.81. The van der Waals surface area contributed by atoms with Crippen LogP contribution in [0.2, 0.25) is 0 Å². The van der Waals surface area contributed by atoms with Crippen LogP contribution in [0.4, 0.5) is 0 Å².